The lowest BCUT2D eigenvalue weighted by Gasteiger charge is -2.23. The summed E-state index contributed by atoms with van der Waals surface area (Å²) in [6.45, 7) is 4.84. The highest BCUT2D eigenvalue weighted by atomic mass is 16.4. The first-order chi connectivity index (χ1) is 9.82. The van der Waals surface area contributed by atoms with Gasteiger partial charge in [0, 0.05) is 19.5 Å². The zero-order valence-electron chi connectivity index (χ0n) is 12.9. The normalized spacial score (nSPS) is 10.4. The maximum Gasteiger partial charge on any atom is 0.317 e. The molecule has 4 N–H and O–H groups in total. The fourth-order valence-corrected chi connectivity index (χ4v) is 1.91. The number of urea groups is 1. The van der Waals surface area contributed by atoms with Crippen LogP contribution in [0.3, 0.4) is 0 Å². The highest BCUT2D eigenvalue weighted by Gasteiger charge is 2.16. The summed E-state index contributed by atoms with van der Waals surface area (Å²) in [7, 11) is 0. The molecular weight excluding hydrogens is 274 g/mol. The molecule has 122 valence electrons. The quantitative estimate of drug-likeness (QED) is 0.497. The molecule has 0 aromatic carbocycles. The monoisotopic (exact) mass is 301 g/mol. The molecule has 0 fully saturated rings. The number of nitrogens with two attached hydrogens (primary N) is 1. The SMILES string of the molecule is CC(C)CN(CC(N)=O)C(=O)NCCCCCCC(=O)O. The van der Waals surface area contributed by atoms with Gasteiger partial charge in [-0.3, -0.25) is 9.59 Å². The summed E-state index contributed by atoms with van der Waals surface area (Å²) in [6, 6.07) is -0.284. The van der Waals surface area contributed by atoms with Gasteiger partial charge in [-0.2, -0.15) is 0 Å². The van der Waals surface area contributed by atoms with Crippen LogP contribution in [0, 0.1) is 5.92 Å². The van der Waals surface area contributed by atoms with E-state index in [1.54, 1.807) is 0 Å². The Morgan fingerprint density at radius 1 is 1.14 bits per heavy atom. The minimum Gasteiger partial charge on any atom is -0.481 e. The predicted molar refractivity (Wildman–Crippen MR) is 79.7 cm³/mol. The average Bonchev–Trinajstić information content (AvgIpc) is 2.35. The van der Waals surface area contributed by atoms with Crippen molar-refractivity contribution >= 4 is 17.9 Å². The maximum absolute atomic E-state index is 11.9. The fraction of sp³-hybridized carbons (Fsp3) is 0.786. The number of amides is 3. The lowest BCUT2D eigenvalue weighted by Crippen LogP contribution is -2.46. The van der Waals surface area contributed by atoms with Crippen molar-refractivity contribution in [2.24, 2.45) is 11.7 Å². The van der Waals surface area contributed by atoms with Crippen LogP contribution in [0.4, 0.5) is 4.79 Å². The van der Waals surface area contributed by atoms with Gasteiger partial charge in [0.05, 0.1) is 0 Å². The van der Waals surface area contributed by atoms with Gasteiger partial charge in [0.1, 0.15) is 6.54 Å². The van der Waals surface area contributed by atoms with E-state index in [9.17, 15) is 14.4 Å². The third-order valence-corrected chi connectivity index (χ3v) is 2.81. The molecule has 7 heteroatoms. The van der Waals surface area contributed by atoms with Crippen molar-refractivity contribution in [2.45, 2.75) is 46.0 Å². The number of carboxylic acid groups (broad SMARTS) is 1. The van der Waals surface area contributed by atoms with E-state index in [-0.39, 0.29) is 24.9 Å². The second kappa shape index (κ2) is 10.9. The van der Waals surface area contributed by atoms with E-state index in [4.69, 9.17) is 10.8 Å². The van der Waals surface area contributed by atoms with Crippen LogP contribution in [0.25, 0.3) is 0 Å². The van der Waals surface area contributed by atoms with Crippen molar-refractivity contribution in [3.8, 4) is 0 Å². The molecule has 0 saturated carbocycles. The van der Waals surface area contributed by atoms with Gasteiger partial charge in [-0.15, -0.1) is 0 Å². The van der Waals surface area contributed by atoms with Gasteiger partial charge in [0.25, 0.3) is 0 Å². The van der Waals surface area contributed by atoms with Crippen LogP contribution in [0.5, 0.6) is 0 Å². The predicted octanol–water partition coefficient (Wildman–Crippen LogP) is 1.17. The van der Waals surface area contributed by atoms with E-state index in [2.05, 4.69) is 5.32 Å². The molecule has 0 spiro atoms. The van der Waals surface area contributed by atoms with Gasteiger partial charge in [0.15, 0.2) is 0 Å². The maximum atomic E-state index is 11.9. The molecule has 0 aliphatic carbocycles. The molecule has 0 radical (unpaired) electrons. The topological polar surface area (TPSA) is 113 Å². The Labute approximate surface area is 125 Å². The summed E-state index contributed by atoms with van der Waals surface area (Å²) in [4.78, 5) is 34.6. The first kappa shape index (κ1) is 19.2. The molecule has 0 saturated heterocycles. The summed E-state index contributed by atoms with van der Waals surface area (Å²) in [5, 5.41) is 11.2. The molecule has 0 unspecified atom stereocenters. The van der Waals surface area contributed by atoms with E-state index < -0.39 is 11.9 Å². The number of hydrogen-bond acceptors (Lipinski definition) is 3. The molecule has 0 atom stereocenters. The van der Waals surface area contributed by atoms with Crippen LogP contribution in [-0.2, 0) is 9.59 Å². The molecule has 0 aromatic heterocycles. The van der Waals surface area contributed by atoms with Crippen molar-refractivity contribution in [3.63, 3.8) is 0 Å². The number of primary amides is 1. The Morgan fingerprint density at radius 2 is 1.76 bits per heavy atom. The smallest absolute Gasteiger partial charge is 0.317 e. The van der Waals surface area contributed by atoms with Crippen molar-refractivity contribution < 1.29 is 19.5 Å². The molecule has 0 aromatic rings. The van der Waals surface area contributed by atoms with Gasteiger partial charge < -0.3 is 21.1 Å². The van der Waals surface area contributed by atoms with Crippen LogP contribution >= 0.6 is 0 Å². The highest BCUT2D eigenvalue weighted by molar-refractivity contribution is 5.82. The largest absolute Gasteiger partial charge is 0.481 e. The third kappa shape index (κ3) is 11.7. The first-order valence-electron chi connectivity index (χ1n) is 7.35. The number of carbonyl (C=O) groups excluding carboxylic acids is 2. The zero-order valence-corrected chi connectivity index (χ0v) is 12.9. The summed E-state index contributed by atoms with van der Waals surface area (Å²) in [5.41, 5.74) is 5.13. The molecular formula is C14H27N3O4. The number of rotatable bonds is 11. The fourth-order valence-electron chi connectivity index (χ4n) is 1.91. The van der Waals surface area contributed by atoms with Gasteiger partial charge in [-0.05, 0) is 18.8 Å². The molecule has 0 bridgehead atoms. The Hall–Kier alpha value is -1.79. The van der Waals surface area contributed by atoms with E-state index in [1.807, 2.05) is 13.8 Å². The summed E-state index contributed by atoms with van der Waals surface area (Å²) in [6.07, 6.45) is 3.34. The van der Waals surface area contributed by atoms with Crippen LogP contribution < -0.4 is 11.1 Å². The number of carboxylic acids is 1. The standard InChI is InChI=1S/C14H27N3O4/c1-11(2)9-17(10-12(15)18)14(21)16-8-6-4-3-5-7-13(19)20/h11H,3-10H2,1-2H3,(H2,15,18)(H,16,21)(H,19,20). The number of carbonyl (C=O) groups is 3. The van der Waals surface area contributed by atoms with Gasteiger partial charge >= 0.3 is 12.0 Å². The van der Waals surface area contributed by atoms with Crippen molar-refractivity contribution in [1.82, 2.24) is 10.2 Å². The number of nitrogens with one attached hydrogen (secondary N) is 1. The van der Waals surface area contributed by atoms with Gasteiger partial charge in [0.2, 0.25) is 5.91 Å². The van der Waals surface area contributed by atoms with E-state index in [0.29, 0.717) is 19.5 Å². The number of aliphatic carboxylic acids is 1. The number of unbranched alkanes of at least 4 members (excludes halogenated alkanes) is 3. The summed E-state index contributed by atoms with van der Waals surface area (Å²) < 4.78 is 0. The first-order valence-corrected chi connectivity index (χ1v) is 7.35. The highest BCUT2D eigenvalue weighted by Crippen LogP contribution is 2.03. The Kier molecular flexibility index (Phi) is 10.0. The summed E-state index contributed by atoms with van der Waals surface area (Å²) >= 11 is 0. The summed E-state index contributed by atoms with van der Waals surface area (Å²) in [5.74, 6) is -1.05. The van der Waals surface area contributed by atoms with Crippen LogP contribution in [-0.4, -0.2) is 47.5 Å². The van der Waals surface area contributed by atoms with Crippen molar-refractivity contribution in [2.75, 3.05) is 19.6 Å². The van der Waals surface area contributed by atoms with E-state index in [0.717, 1.165) is 19.3 Å². The van der Waals surface area contributed by atoms with Crippen molar-refractivity contribution in [1.29, 1.82) is 0 Å². The Balaban J connectivity index is 3.86. The molecule has 3 amide bonds. The minimum atomic E-state index is -0.779. The molecule has 21 heavy (non-hydrogen) atoms. The van der Waals surface area contributed by atoms with Crippen molar-refractivity contribution in [3.05, 3.63) is 0 Å². The second-order valence-corrected chi connectivity index (χ2v) is 5.53. The van der Waals surface area contributed by atoms with Crippen LogP contribution in [0.1, 0.15) is 46.0 Å². The molecule has 0 aliphatic rings. The zero-order chi connectivity index (χ0) is 16.3. The average molecular weight is 301 g/mol. The lowest BCUT2D eigenvalue weighted by atomic mass is 10.1. The minimum absolute atomic E-state index is 0.0807. The molecule has 7 nitrogen and oxygen atoms in total. The van der Waals surface area contributed by atoms with Gasteiger partial charge in [-0.25, -0.2) is 4.79 Å². The number of hydrogen-bond donors (Lipinski definition) is 3. The molecule has 0 heterocycles. The molecule has 0 aliphatic heterocycles. The third-order valence-electron chi connectivity index (χ3n) is 2.81. The van der Waals surface area contributed by atoms with E-state index >= 15 is 0 Å². The van der Waals surface area contributed by atoms with Gasteiger partial charge in [-0.1, -0.05) is 26.7 Å². The Bertz CT molecular complexity index is 345. The molecule has 0 rings (SSSR count). The lowest BCUT2D eigenvalue weighted by molar-refractivity contribution is -0.137. The van der Waals surface area contributed by atoms with Crippen LogP contribution in [0.15, 0.2) is 0 Å². The second-order valence-electron chi connectivity index (χ2n) is 5.53. The number of nitrogens with zero attached hydrogens (tertiary/aromatic N) is 1. The van der Waals surface area contributed by atoms with E-state index in [1.165, 1.54) is 4.90 Å². The Morgan fingerprint density at radius 3 is 2.29 bits per heavy atom. The van der Waals surface area contributed by atoms with Crippen LogP contribution in [0.2, 0.25) is 0 Å².